The summed E-state index contributed by atoms with van der Waals surface area (Å²) in [6, 6.07) is 25.2. The summed E-state index contributed by atoms with van der Waals surface area (Å²) in [5, 5.41) is 22.8. The van der Waals surface area contributed by atoms with E-state index in [1.807, 2.05) is 43.2 Å². The van der Waals surface area contributed by atoms with E-state index in [9.17, 15) is 5.11 Å². The van der Waals surface area contributed by atoms with Gasteiger partial charge in [-0.15, -0.1) is 0 Å². The number of benzene rings is 2. The molecule has 3 heterocycles. The van der Waals surface area contributed by atoms with Gasteiger partial charge >= 0.3 is 0 Å². The topological polar surface area (TPSA) is 63.6 Å². The van der Waals surface area contributed by atoms with Crippen molar-refractivity contribution in [1.29, 1.82) is 0 Å². The van der Waals surface area contributed by atoms with Gasteiger partial charge in [-0.1, -0.05) is 88.4 Å². The summed E-state index contributed by atoms with van der Waals surface area (Å²) in [6.45, 7) is 31.0. The van der Waals surface area contributed by atoms with E-state index in [2.05, 4.69) is 150 Å². The van der Waals surface area contributed by atoms with Crippen LogP contribution in [0.3, 0.4) is 0 Å². The predicted molar refractivity (Wildman–Crippen MR) is 244 cm³/mol. The molecule has 57 heavy (non-hydrogen) atoms. The van der Waals surface area contributed by atoms with Gasteiger partial charge in [0, 0.05) is 13.2 Å². The first-order chi connectivity index (χ1) is 26.9. The van der Waals surface area contributed by atoms with Gasteiger partial charge in [0.15, 0.2) is 8.32 Å². The van der Waals surface area contributed by atoms with Crippen molar-refractivity contribution in [2.24, 2.45) is 11.8 Å². The van der Waals surface area contributed by atoms with E-state index in [4.69, 9.17) is 18.8 Å². The molecule has 1 aliphatic heterocycles. The molecule has 1 saturated heterocycles. The highest BCUT2D eigenvalue weighted by molar-refractivity contribution is 7.08. The molecule has 7 nitrogen and oxygen atoms in total. The zero-order chi connectivity index (χ0) is 42.2. The van der Waals surface area contributed by atoms with Crippen molar-refractivity contribution in [3.8, 4) is 0 Å². The van der Waals surface area contributed by atoms with Crippen LogP contribution in [0.4, 0.5) is 0 Å². The van der Waals surface area contributed by atoms with E-state index in [1.165, 1.54) is 29.5 Å². The van der Waals surface area contributed by atoms with E-state index in [1.54, 1.807) is 22.7 Å². The minimum Gasteiger partial charge on any atom is -0.416 e. The molecule has 1 N–H and O–H groups in total. The fourth-order valence-corrected chi connectivity index (χ4v) is 8.75. The fourth-order valence-electron chi connectivity index (χ4n) is 6.59. The molecule has 2 aromatic heterocycles. The van der Waals surface area contributed by atoms with Crippen LogP contribution in [-0.2, 0) is 18.8 Å². The lowest BCUT2D eigenvalue weighted by molar-refractivity contribution is -0.282. The second-order valence-corrected chi connectivity index (χ2v) is 24.0. The van der Waals surface area contributed by atoms with Gasteiger partial charge in [0.05, 0.1) is 36.4 Å². The molecule has 0 bridgehead atoms. The fraction of sp³-hybridized carbons (Fsp3) is 0.574. The standard InChI is InChI=1S/C23H37NO2SSi.C20H29NO2S.C4H8O/c1-18(2)22(21-14-15-27-16-21)24(23(4,5)17-25-28(6,7)8)26-19(3)20-12-10-9-11-13-20;1-15(2)19(18-11-12-24-13-18)21(20(4,5)14-22)23-16(3)17-9-7-6-8-10-17;1-2-4-5-3-1/h9-16,18-19,22H,17H2,1-8H3;6-13,15-16,19,22H,14H2,1-5H3;1-4H2. The van der Waals surface area contributed by atoms with Gasteiger partial charge in [0.25, 0.3) is 0 Å². The van der Waals surface area contributed by atoms with Crippen LogP contribution in [0.15, 0.2) is 94.3 Å². The van der Waals surface area contributed by atoms with Crippen LogP contribution in [0.25, 0.3) is 0 Å². The number of hydrogen-bond acceptors (Lipinski definition) is 9. The van der Waals surface area contributed by atoms with Crippen LogP contribution in [-0.4, -0.2) is 61.1 Å². The van der Waals surface area contributed by atoms with E-state index in [0.717, 1.165) is 18.8 Å². The van der Waals surface area contributed by atoms with Gasteiger partial charge < -0.3 is 14.3 Å². The zero-order valence-corrected chi connectivity index (χ0v) is 39.9. The number of nitrogens with zero attached hydrogens (tertiary/aromatic N) is 2. The smallest absolute Gasteiger partial charge is 0.183 e. The average Bonchev–Trinajstić information content (AvgIpc) is 4.01. The van der Waals surface area contributed by atoms with Crippen LogP contribution >= 0.6 is 22.7 Å². The molecule has 4 atom stereocenters. The van der Waals surface area contributed by atoms with E-state index in [0.29, 0.717) is 18.4 Å². The van der Waals surface area contributed by atoms with Crippen LogP contribution in [0.5, 0.6) is 0 Å². The Morgan fingerprint density at radius 3 is 1.33 bits per heavy atom. The van der Waals surface area contributed by atoms with E-state index >= 15 is 0 Å². The van der Waals surface area contributed by atoms with Gasteiger partial charge in [0.2, 0.25) is 0 Å². The SMILES string of the molecule is C1CCOC1.CC(ON(C(c1ccsc1)C(C)C)C(C)(C)CO)c1ccccc1.CC(ON(C(c1ccsc1)C(C)C)C(C)(C)CO[Si](C)(C)C)c1ccccc1. The number of thiophene rings is 2. The summed E-state index contributed by atoms with van der Waals surface area (Å²) in [5.74, 6) is 0.761. The Balaban J connectivity index is 0.000000273. The monoisotopic (exact) mass is 838 g/mol. The first-order valence-corrected chi connectivity index (χ1v) is 26.1. The molecule has 4 unspecified atom stereocenters. The molecule has 2 aromatic carbocycles. The number of hydrogen-bond donors (Lipinski definition) is 1. The Bertz CT molecular complexity index is 1600. The lowest BCUT2D eigenvalue weighted by atomic mass is 9.93. The molecule has 318 valence electrons. The van der Waals surface area contributed by atoms with Crippen molar-refractivity contribution in [3.05, 3.63) is 117 Å². The van der Waals surface area contributed by atoms with Gasteiger partial charge in [-0.25, -0.2) is 0 Å². The number of hydroxylamine groups is 4. The van der Waals surface area contributed by atoms with Crippen LogP contribution in [0, 0.1) is 11.8 Å². The van der Waals surface area contributed by atoms with Gasteiger partial charge in [-0.2, -0.15) is 32.8 Å². The maximum absolute atomic E-state index is 9.96. The Labute approximate surface area is 355 Å². The third-order valence-corrected chi connectivity index (χ3v) is 12.3. The maximum atomic E-state index is 9.96. The van der Waals surface area contributed by atoms with Crippen molar-refractivity contribution in [2.45, 2.75) is 137 Å². The maximum Gasteiger partial charge on any atom is 0.183 e. The second-order valence-electron chi connectivity index (χ2n) is 18.0. The number of aliphatic hydroxyl groups excluding tert-OH is 1. The molecular formula is C47H74N2O5S2Si. The molecule has 4 aromatic rings. The highest BCUT2D eigenvalue weighted by atomic mass is 32.1. The van der Waals surface area contributed by atoms with Gasteiger partial charge in [0.1, 0.15) is 12.2 Å². The second kappa shape index (κ2) is 23.5. The molecule has 0 radical (unpaired) electrons. The quantitative estimate of drug-likeness (QED) is 0.0791. The minimum absolute atomic E-state index is 0.0296. The summed E-state index contributed by atoms with van der Waals surface area (Å²) in [6.07, 6.45) is 2.43. The highest BCUT2D eigenvalue weighted by Gasteiger charge is 2.40. The summed E-state index contributed by atoms with van der Waals surface area (Å²) in [7, 11) is -1.63. The molecule has 10 heteroatoms. The highest BCUT2D eigenvalue weighted by Crippen LogP contribution is 2.40. The lowest BCUT2D eigenvalue weighted by Crippen LogP contribution is -2.52. The van der Waals surface area contributed by atoms with Gasteiger partial charge in [-0.05, 0) is 142 Å². The Kier molecular flexibility index (Phi) is 20.3. The number of aliphatic hydroxyl groups is 1. The molecule has 5 rings (SSSR count). The van der Waals surface area contributed by atoms with Crippen molar-refractivity contribution >= 4 is 31.0 Å². The Morgan fingerprint density at radius 2 is 1.04 bits per heavy atom. The third-order valence-electron chi connectivity index (χ3n) is 9.88. The normalized spacial score (nSPS) is 15.9. The summed E-state index contributed by atoms with van der Waals surface area (Å²) in [4.78, 5) is 13.1. The summed E-state index contributed by atoms with van der Waals surface area (Å²) >= 11 is 3.43. The van der Waals surface area contributed by atoms with Crippen molar-refractivity contribution in [3.63, 3.8) is 0 Å². The number of rotatable bonds is 18. The van der Waals surface area contributed by atoms with E-state index < -0.39 is 13.9 Å². The third kappa shape index (κ3) is 16.0. The van der Waals surface area contributed by atoms with E-state index in [-0.39, 0.29) is 36.4 Å². The molecule has 0 saturated carbocycles. The van der Waals surface area contributed by atoms with Crippen LogP contribution in [0.2, 0.25) is 19.6 Å². The molecule has 1 fully saturated rings. The van der Waals surface area contributed by atoms with Crippen LogP contribution < -0.4 is 0 Å². The molecule has 0 spiro atoms. The Morgan fingerprint density at radius 1 is 0.632 bits per heavy atom. The van der Waals surface area contributed by atoms with Crippen molar-refractivity contribution in [2.75, 3.05) is 26.4 Å². The molecule has 0 amide bonds. The Hall–Kier alpha value is -2.22. The van der Waals surface area contributed by atoms with Crippen LogP contribution in [0.1, 0.15) is 129 Å². The molecule has 1 aliphatic rings. The molecule has 0 aliphatic carbocycles. The average molecular weight is 839 g/mol. The molecular weight excluding hydrogens is 765 g/mol. The summed E-state index contributed by atoms with van der Waals surface area (Å²) in [5.41, 5.74) is 4.10. The van der Waals surface area contributed by atoms with Crippen molar-refractivity contribution in [1.82, 2.24) is 10.1 Å². The summed E-state index contributed by atoms with van der Waals surface area (Å²) < 4.78 is 11.3. The zero-order valence-electron chi connectivity index (χ0n) is 37.2. The lowest BCUT2D eigenvalue weighted by Gasteiger charge is -2.46. The largest absolute Gasteiger partial charge is 0.416 e. The first kappa shape index (κ1) is 49.1. The first-order valence-electron chi connectivity index (χ1n) is 20.8. The number of ether oxygens (including phenoxy) is 1. The minimum atomic E-state index is -1.63. The predicted octanol–water partition coefficient (Wildman–Crippen LogP) is 13.1. The van der Waals surface area contributed by atoms with Crippen molar-refractivity contribution < 1.29 is 23.9 Å². The van der Waals surface area contributed by atoms with Gasteiger partial charge in [-0.3, -0.25) is 9.68 Å².